The van der Waals surface area contributed by atoms with Gasteiger partial charge in [-0.05, 0) is 54.2 Å². The first-order valence-corrected chi connectivity index (χ1v) is 16.4. The highest BCUT2D eigenvalue weighted by atomic mass is 35.5. The van der Waals surface area contributed by atoms with E-state index in [0.717, 1.165) is 18.9 Å². The second-order valence-corrected chi connectivity index (χ2v) is 14.0. The van der Waals surface area contributed by atoms with Crippen molar-refractivity contribution in [2.75, 3.05) is 18.0 Å². The molecule has 3 aromatic heterocycles. The van der Waals surface area contributed by atoms with Crippen LogP contribution < -0.4 is 15.5 Å². The Morgan fingerprint density at radius 1 is 1.02 bits per heavy atom. The van der Waals surface area contributed by atoms with Crippen molar-refractivity contribution in [2.24, 2.45) is 18.4 Å². The highest BCUT2D eigenvalue weighted by Crippen LogP contribution is 2.34. The van der Waals surface area contributed by atoms with Gasteiger partial charge in [-0.15, -0.1) is 0 Å². The predicted octanol–water partition coefficient (Wildman–Crippen LogP) is 7.11. The zero-order valence-corrected chi connectivity index (χ0v) is 28.9. The second-order valence-electron chi connectivity index (χ2n) is 13.2. The molecule has 2 N–H and O–H groups in total. The number of aromatic nitrogens is 4. The summed E-state index contributed by atoms with van der Waals surface area (Å²) in [6, 6.07) is 7.27. The minimum atomic E-state index is -4.61. The van der Waals surface area contributed by atoms with Gasteiger partial charge in [-0.25, -0.2) is 9.97 Å². The van der Waals surface area contributed by atoms with Gasteiger partial charge in [-0.1, -0.05) is 57.0 Å². The summed E-state index contributed by atoms with van der Waals surface area (Å²) in [7, 11) is 1.81. The molecule has 9 nitrogen and oxygen atoms in total. The van der Waals surface area contributed by atoms with Crippen LogP contribution in [0.1, 0.15) is 79.1 Å². The van der Waals surface area contributed by atoms with Crippen LogP contribution in [0.3, 0.4) is 0 Å². The quantitative estimate of drug-likeness (QED) is 0.203. The van der Waals surface area contributed by atoms with Gasteiger partial charge < -0.3 is 20.1 Å². The predicted molar refractivity (Wildman–Crippen MR) is 180 cm³/mol. The Morgan fingerprint density at radius 2 is 1.73 bits per heavy atom. The summed E-state index contributed by atoms with van der Waals surface area (Å²) in [6.07, 6.45) is -1.30. The molecule has 4 aromatic rings. The Balaban J connectivity index is 1.48. The molecule has 1 fully saturated rings. The van der Waals surface area contributed by atoms with Gasteiger partial charge in [0.05, 0.1) is 28.4 Å². The van der Waals surface area contributed by atoms with E-state index in [2.05, 4.69) is 22.5 Å². The maximum Gasteiger partial charge on any atom is 0.418 e. The minimum absolute atomic E-state index is 0.115. The number of rotatable bonds is 8. The average Bonchev–Trinajstić information content (AvgIpc) is 3.34. The summed E-state index contributed by atoms with van der Waals surface area (Å²) >= 11 is 13.4. The van der Waals surface area contributed by atoms with Gasteiger partial charge in [0.25, 0.3) is 5.91 Å². The van der Waals surface area contributed by atoms with Crippen molar-refractivity contribution < 1.29 is 22.8 Å². The summed E-state index contributed by atoms with van der Waals surface area (Å²) in [5.41, 5.74) is 0.741. The van der Waals surface area contributed by atoms with Crippen LogP contribution in [0, 0.1) is 11.3 Å². The fourth-order valence-corrected chi connectivity index (χ4v) is 6.15. The molecule has 0 radical (unpaired) electrons. The second kappa shape index (κ2) is 13.9. The van der Waals surface area contributed by atoms with Crippen molar-refractivity contribution in [3.05, 3.63) is 80.3 Å². The monoisotopic (exact) mass is 703 g/mol. The molecule has 1 aliphatic rings. The Labute approximate surface area is 287 Å². The van der Waals surface area contributed by atoms with E-state index < -0.39 is 29.6 Å². The molecule has 4 heterocycles. The molecule has 2 amide bonds. The number of benzene rings is 1. The van der Waals surface area contributed by atoms with Crippen LogP contribution in [0.4, 0.5) is 19.0 Å². The van der Waals surface area contributed by atoms with Gasteiger partial charge in [-0.3, -0.25) is 14.6 Å². The first kappa shape index (κ1) is 35.4. The Kier molecular flexibility index (Phi) is 10.3. The van der Waals surface area contributed by atoms with Crippen molar-refractivity contribution in [3.8, 4) is 0 Å². The number of alkyl halides is 3. The molecule has 256 valence electrons. The number of piperidine rings is 1. The number of anilines is 1. The molecule has 1 aliphatic heterocycles. The number of hydrogen-bond donors (Lipinski definition) is 2. The van der Waals surface area contributed by atoms with Gasteiger partial charge in [0.2, 0.25) is 5.91 Å². The summed E-state index contributed by atoms with van der Waals surface area (Å²) in [5.74, 6) is 0.834. The Bertz CT molecular complexity index is 1850. The maximum absolute atomic E-state index is 13.6. The molecule has 0 spiro atoms. The smallest absolute Gasteiger partial charge is 0.356 e. The number of hydrogen-bond acceptors (Lipinski definition) is 6. The standard InChI is InChI=1S/C34H38Cl2F3N7O2/c1-19-10-13-46(14-11-19)29-22(31(47)41-18-26-23(34(37,38)39)7-6-12-40-26)15-25-30(44-29)45(5)27(43-25)16-21-24(35)9-8-20(28(21)36)17-42-32(48)33(2,3)4/h6-9,12,15,19H,10-11,13-14,16-18H2,1-5H3,(H,41,47)(H,42,48). The molecule has 1 aromatic carbocycles. The van der Waals surface area contributed by atoms with E-state index in [0.29, 0.717) is 63.0 Å². The number of nitrogens with one attached hydrogen (secondary N) is 2. The summed E-state index contributed by atoms with van der Waals surface area (Å²) in [4.78, 5) is 41.7. The molecule has 48 heavy (non-hydrogen) atoms. The lowest BCUT2D eigenvalue weighted by Gasteiger charge is -2.32. The lowest BCUT2D eigenvalue weighted by molar-refractivity contribution is -0.138. The number of pyridine rings is 2. The topological polar surface area (TPSA) is 105 Å². The molecule has 0 saturated carbocycles. The first-order valence-electron chi connectivity index (χ1n) is 15.7. The van der Waals surface area contributed by atoms with Crippen LogP contribution in [0.5, 0.6) is 0 Å². The van der Waals surface area contributed by atoms with Crippen molar-refractivity contribution in [1.29, 1.82) is 0 Å². The molecule has 5 rings (SSSR count). The molecule has 1 saturated heterocycles. The van der Waals surface area contributed by atoms with Gasteiger partial charge in [0, 0.05) is 49.7 Å². The van der Waals surface area contributed by atoms with Crippen molar-refractivity contribution in [1.82, 2.24) is 30.2 Å². The van der Waals surface area contributed by atoms with Crippen LogP contribution in [0.2, 0.25) is 10.0 Å². The summed E-state index contributed by atoms with van der Waals surface area (Å²) < 4.78 is 42.5. The van der Waals surface area contributed by atoms with E-state index in [-0.39, 0.29) is 30.1 Å². The number of carbonyl (C=O) groups is 2. The Hall–Kier alpha value is -3.90. The summed E-state index contributed by atoms with van der Waals surface area (Å²) in [5, 5.41) is 6.38. The summed E-state index contributed by atoms with van der Waals surface area (Å²) in [6.45, 7) is 8.81. The molecule has 0 unspecified atom stereocenters. The van der Waals surface area contributed by atoms with Crippen LogP contribution in [-0.2, 0) is 37.5 Å². The lowest BCUT2D eigenvalue weighted by atomic mass is 9.95. The molecule has 14 heteroatoms. The van der Waals surface area contributed by atoms with Crippen LogP contribution in [-0.4, -0.2) is 44.4 Å². The number of carbonyl (C=O) groups excluding carboxylic acids is 2. The van der Waals surface area contributed by atoms with Crippen LogP contribution in [0.25, 0.3) is 11.2 Å². The number of halogens is 5. The number of imidazole rings is 1. The zero-order chi connectivity index (χ0) is 35.0. The molecular weight excluding hydrogens is 666 g/mol. The lowest BCUT2D eigenvalue weighted by Crippen LogP contribution is -2.36. The number of fused-ring (bicyclic) bond motifs is 1. The minimum Gasteiger partial charge on any atom is -0.356 e. The fraction of sp³-hybridized carbons (Fsp3) is 0.441. The third-order valence-electron chi connectivity index (χ3n) is 8.58. The SMILES string of the molecule is CC1CCN(c2nc3c(cc2C(=O)NCc2ncccc2C(F)(F)F)nc(Cc2c(Cl)ccc(CNC(=O)C(C)(C)C)c2Cl)n3C)CC1. The van der Waals surface area contributed by atoms with Crippen molar-refractivity contribution in [2.45, 2.75) is 66.2 Å². The highest BCUT2D eigenvalue weighted by molar-refractivity contribution is 6.36. The largest absolute Gasteiger partial charge is 0.418 e. The van der Waals surface area contributed by atoms with Crippen molar-refractivity contribution in [3.63, 3.8) is 0 Å². The number of nitrogens with zero attached hydrogens (tertiary/aromatic N) is 5. The third-order valence-corrected chi connectivity index (χ3v) is 9.40. The van der Waals surface area contributed by atoms with Crippen molar-refractivity contribution >= 4 is 52.0 Å². The first-order chi connectivity index (χ1) is 22.5. The molecular formula is C34H38Cl2F3N7O2. The van der Waals surface area contributed by atoms with Gasteiger partial charge in [0.1, 0.15) is 17.2 Å². The van der Waals surface area contributed by atoms with E-state index in [1.54, 1.807) is 18.2 Å². The normalized spacial score (nSPS) is 14.4. The van der Waals surface area contributed by atoms with Crippen LogP contribution in [0.15, 0.2) is 36.5 Å². The average molecular weight is 705 g/mol. The molecule has 0 atom stereocenters. The third kappa shape index (κ3) is 7.70. The maximum atomic E-state index is 13.6. The number of amides is 2. The highest BCUT2D eigenvalue weighted by Gasteiger charge is 2.34. The van der Waals surface area contributed by atoms with Gasteiger partial charge >= 0.3 is 6.18 Å². The van der Waals surface area contributed by atoms with E-state index in [1.807, 2.05) is 37.3 Å². The van der Waals surface area contributed by atoms with E-state index in [4.69, 9.17) is 33.2 Å². The van der Waals surface area contributed by atoms with E-state index in [9.17, 15) is 22.8 Å². The van der Waals surface area contributed by atoms with E-state index >= 15 is 0 Å². The van der Waals surface area contributed by atoms with E-state index in [1.165, 1.54) is 12.3 Å². The zero-order valence-electron chi connectivity index (χ0n) is 27.4. The van der Waals surface area contributed by atoms with Gasteiger partial charge in [-0.2, -0.15) is 13.2 Å². The molecule has 0 aliphatic carbocycles. The number of aryl methyl sites for hydroxylation is 1. The van der Waals surface area contributed by atoms with Gasteiger partial charge in [0.15, 0.2) is 5.65 Å². The fourth-order valence-electron chi connectivity index (χ4n) is 5.58. The Morgan fingerprint density at radius 3 is 2.40 bits per heavy atom. The molecule has 0 bridgehead atoms. The van der Waals surface area contributed by atoms with Crippen LogP contribution >= 0.6 is 23.2 Å².